The van der Waals surface area contributed by atoms with Crippen molar-refractivity contribution >= 4 is 5.91 Å². The Morgan fingerprint density at radius 2 is 2.04 bits per heavy atom. The Morgan fingerprint density at radius 1 is 1.20 bits per heavy atom. The van der Waals surface area contributed by atoms with E-state index in [-0.39, 0.29) is 11.8 Å². The molecule has 3 saturated heterocycles. The summed E-state index contributed by atoms with van der Waals surface area (Å²) >= 11 is 0. The molecule has 3 fully saturated rings. The predicted octanol–water partition coefficient (Wildman–Crippen LogP) is 0.943. The molecule has 6 heteroatoms. The molecule has 25 heavy (non-hydrogen) atoms. The normalized spacial score (nSPS) is 30.3. The summed E-state index contributed by atoms with van der Waals surface area (Å²) in [5.41, 5.74) is 2.16. The Hall–Kier alpha value is -1.50. The molecule has 0 radical (unpaired) electrons. The van der Waals surface area contributed by atoms with E-state index in [1.165, 1.54) is 0 Å². The smallest absolute Gasteiger partial charge is 0.228 e. The second-order valence-electron chi connectivity index (χ2n) is 7.47. The van der Waals surface area contributed by atoms with Crippen molar-refractivity contribution in [1.82, 2.24) is 14.8 Å². The molecule has 0 unspecified atom stereocenters. The molecule has 3 atom stereocenters. The van der Waals surface area contributed by atoms with Gasteiger partial charge in [-0.15, -0.1) is 0 Å². The summed E-state index contributed by atoms with van der Waals surface area (Å²) in [6, 6.07) is 6.18. The lowest BCUT2D eigenvalue weighted by molar-refractivity contribution is -0.148. The Balaban J connectivity index is 1.42. The minimum Gasteiger partial charge on any atom is -0.380 e. The summed E-state index contributed by atoms with van der Waals surface area (Å²) < 4.78 is 11.2. The molecule has 136 valence electrons. The van der Waals surface area contributed by atoms with Gasteiger partial charge >= 0.3 is 0 Å². The van der Waals surface area contributed by atoms with Crippen molar-refractivity contribution in [3.63, 3.8) is 0 Å². The van der Waals surface area contributed by atoms with Crippen LogP contribution in [0.4, 0.5) is 0 Å². The zero-order valence-electron chi connectivity index (χ0n) is 14.9. The molecule has 0 bridgehead atoms. The lowest BCUT2D eigenvalue weighted by atomic mass is 9.82. The zero-order valence-corrected chi connectivity index (χ0v) is 14.9. The first kappa shape index (κ1) is 16.9. The van der Waals surface area contributed by atoms with Gasteiger partial charge in [-0.2, -0.15) is 0 Å². The maximum Gasteiger partial charge on any atom is 0.228 e. The molecule has 1 amide bonds. The highest BCUT2D eigenvalue weighted by Gasteiger charge is 2.45. The van der Waals surface area contributed by atoms with Gasteiger partial charge in [0.2, 0.25) is 5.91 Å². The van der Waals surface area contributed by atoms with Gasteiger partial charge in [-0.25, -0.2) is 0 Å². The number of hydrogen-bond donors (Lipinski definition) is 0. The van der Waals surface area contributed by atoms with Gasteiger partial charge in [0, 0.05) is 38.4 Å². The number of nitrogens with zero attached hydrogens (tertiary/aromatic N) is 3. The lowest BCUT2D eigenvalue weighted by Crippen LogP contribution is -2.49. The highest BCUT2D eigenvalue weighted by Crippen LogP contribution is 2.35. The number of aromatic nitrogens is 1. The Kier molecular flexibility index (Phi) is 5.01. The zero-order chi connectivity index (χ0) is 17.2. The fourth-order valence-electron chi connectivity index (χ4n) is 4.41. The van der Waals surface area contributed by atoms with Crippen molar-refractivity contribution in [2.75, 3.05) is 52.6 Å². The standard InChI is InChI=1S/C19H27N3O3/c1-14-3-2-4-16(20-14)10-21-9-15-12-25-13-18(17(15)11-21)19(23)22-5-7-24-8-6-22/h2-4,15,17-18H,5-13H2,1H3/t15-,17-,18+/m1/s1. The number of fused-ring (bicyclic) bond motifs is 1. The van der Waals surface area contributed by atoms with Gasteiger partial charge in [-0.05, 0) is 30.9 Å². The van der Waals surface area contributed by atoms with Crippen LogP contribution in [0.15, 0.2) is 18.2 Å². The molecule has 0 saturated carbocycles. The van der Waals surface area contributed by atoms with Crippen LogP contribution in [0.25, 0.3) is 0 Å². The van der Waals surface area contributed by atoms with Crippen molar-refractivity contribution in [2.45, 2.75) is 13.5 Å². The van der Waals surface area contributed by atoms with Crippen LogP contribution in [0, 0.1) is 24.7 Å². The summed E-state index contributed by atoms with van der Waals surface area (Å²) in [6.45, 7) is 8.90. The Morgan fingerprint density at radius 3 is 2.84 bits per heavy atom. The van der Waals surface area contributed by atoms with Crippen molar-refractivity contribution in [1.29, 1.82) is 0 Å². The first-order chi connectivity index (χ1) is 12.2. The first-order valence-electron chi connectivity index (χ1n) is 9.30. The third-order valence-electron chi connectivity index (χ3n) is 5.68. The lowest BCUT2D eigenvalue weighted by Gasteiger charge is -2.36. The van der Waals surface area contributed by atoms with Crippen LogP contribution in [-0.4, -0.2) is 73.3 Å². The average molecular weight is 345 g/mol. The highest BCUT2D eigenvalue weighted by molar-refractivity contribution is 5.79. The summed E-state index contributed by atoms with van der Waals surface area (Å²) in [6.07, 6.45) is 0. The molecular weight excluding hydrogens is 318 g/mol. The maximum absolute atomic E-state index is 13.0. The quantitative estimate of drug-likeness (QED) is 0.816. The second kappa shape index (κ2) is 7.40. The fourth-order valence-corrected chi connectivity index (χ4v) is 4.41. The third-order valence-corrected chi connectivity index (χ3v) is 5.68. The van der Waals surface area contributed by atoms with E-state index in [4.69, 9.17) is 9.47 Å². The third kappa shape index (κ3) is 3.71. The summed E-state index contributed by atoms with van der Waals surface area (Å²) in [5, 5.41) is 0. The van der Waals surface area contributed by atoms with Crippen molar-refractivity contribution in [2.24, 2.45) is 17.8 Å². The van der Waals surface area contributed by atoms with E-state index >= 15 is 0 Å². The summed E-state index contributed by atoms with van der Waals surface area (Å²) in [5.74, 6) is 1.10. The largest absolute Gasteiger partial charge is 0.380 e. The van der Waals surface area contributed by atoms with Gasteiger partial charge in [0.25, 0.3) is 0 Å². The molecule has 6 nitrogen and oxygen atoms in total. The number of likely N-dealkylation sites (tertiary alicyclic amines) is 1. The van der Waals surface area contributed by atoms with Crippen LogP contribution in [-0.2, 0) is 20.8 Å². The Labute approximate surface area is 149 Å². The number of carbonyl (C=O) groups is 1. The van der Waals surface area contributed by atoms with Gasteiger partial charge < -0.3 is 14.4 Å². The van der Waals surface area contributed by atoms with E-state index in [9.17, 15) is 4.79 Å². The van der Waals surface area contributed by atoms with Gasteiger partial charge in [0.05, 0.1) is 38.0 Å². The van der Waals surface area contributed by atoms with E-state index in [2.05, 4.69) is 22.0 Å². The van der Waals surface area contributed by atoms with E-state index < -0.39 is 0 Å². The highest BCUT2D eigenvalue weighted by atomic mass is 16.5. The fraction of sp³-hybridized carbons (Fsp3) is 0.684. The predicted molar refractivity (Wildman–Crippen MR) is 92.9 cm³/mol. The molecule has 4 rings (SSSR count). The first-order valence-corrected chi connectivity index (χ1v) is 9.30. The molecule has 1 aromatic heterocycles. The SMILES string of the molecule is Cc1cccc(CN2C[C@@H]3COC[C@H](C(=O)N4CCOCC4)[C@@H]3C2)n1. The number of amides is 1. The van der Waals surface area contributed by atoms with Crippen molar-refractivity contribution in [3.05, 3.63) is 29.6 Å². The number of aryl methyl sites for hydroxylation is 1. The van der Waals surface area contributed by atoms with E-state index in [1.54, 1.807) is 0 Å². The molecule has 0 spiro atoms. The van der Waals surface area contributed by atoms with Gasteiger partial charge in [0.1, 0.15) is 0 Å². The minimum absolute atomic E-state index is 0.00711. The number of ether oxygens (including phenoxy) is 2. The molecular formula is C19H27N3O3. The average Bonchev–Trinajstić information content (AvgIpc) is 3.04. The van der Waals surface area contributed by atoms with Crippen LogP contribution in [0.3, 0.4) is 0 Å². The van der Waals surface area contributed by atoms with Crippen LogP contribution in [0.1, 0.15) is 11.4 Å². The summed E-state index contributed by atoms with van der Waals surface area (Å²) in [4.78, 5) is 22.0. The van der Waals surface area contributed by atoms with E-state index in [0.29, 0.717) is 44.7 Å². The van der Waals surface area contributed by atoms with Gasteiger partial charge in [0.15, 0.2) is 0 Å². The maximum atomic E-state index is 13.0. The number of rotatable bonds is 3. The van der Waals surface area contributed by atoms with Crippen LogP contribution >= 0.6 is 0 Å². The second-order valence-corrected chi connectivity index (χ2v) is 7.47. The van der Waals surface area contributed by atoms with Crippen LogP contribution in [0.2, 0.25) is 0 Å². The number of hydrogen-bond acceptors (Lipinski definition) is 5. The van der Waals surface area contributed by atoms with Gasteiger partial charge in [-0.3, -0.25) is 14.7 Å². The molecule has 0 aliphatic carbocycles. The number of pyridine rings is 1. The van der Waals surface area contributed by atoms with Crippen LogP contribution in [0.5, 0.6) is 0 Å². The Bertz CT molecular complexity index is 618. The van der Waals surface area contributed by atoms with Crippen LogP contribution < -0.4 is 0 Å². The van der Waals surface area contributed by atoms with Crippen molar-refractivity contribution < 1.29 is 14.3 Å². The van der Waals surface area contributed by atoms with E-state index in [0.717, 1.165) is 37.6 Å². The summed E-state index contributed by atoms with van der Waals surface area (Å²) in [7, 11) is 0. The molecule has 0 N–H and O–H groups in total. The van der Waals surface area contributed by atoms with E-state index in [1.807, 2.05) is 17.9 Å². The number of carbonyl (C=O) groups excluding carboxylic acids is 1. The minimum atomic E-state index is -0.00711. The molecule has 3 aliphatic rings. The monoisotopic (exact) mass is 345 g/mol. The van der Waals surface area contributed by atoms with Gasteiger partial charge in [-0.1, -0.05) is 6.07 Å². The van der Waals surface area contributed by atoms with Crippen molar-refractivity contribution in [3.8, 4) is 0 Å². The number of morpholine rings is 1. The molecule has 1 aromatic rings. The molecule has 3 aliphatic heterocycles. The topological polar surface area (TPSA) is 54.9 Å². The molecule has 4 heterocycles. The molecule has 0 aromatic carbocycles.